The zero-order valence-electron chi connectivity index (χ0n) is 16.1. The molecule has 0 fully saturated rings. The van der Waals surface area contributed by atoms with Crippen molar-refractivity contribution in [2.45, 2.75) is 20.5 Å². The quantitative estimate of drug-likeness (QED) is 0.574. The Balaban J connectivity index is 1.79. The van der Waals surface area contributed by atoms with Crippen LogP contribution in [0, 0.1) is 13.8 Å². The summed E-state index contributed by atoms with van der Waals surface area (Å²) in [4.78, 5) is 12.7. The number of hydrogen-bond donors (Lipinski definition) is 1. The molecule has 0 aliphatic rings. The van der Waals surface area contributed by atoms with Gasteiger partial charge in [-0.1, -0.05) is 29.8 Å². The molecule has 0 heterocycles. The Labute approximate surface area is 170 Å². The molecule has 0 saturated heterocycles. The van der Waals surface area contributed by atoms with E-state index < -0.39 is 0 Å². The number of rotatable bonds is 6. The predicted molar refractivity (Wildman–Crippen MR) is 113 cm³/mol. The summed E-state index contributed by atoms with van der Waals surface area (Å²) in [5, 5.41) is 3.48. The highest BCUT2D eigenvalue weighted by Gasteiger charge is 2.12. The van der Waals surface area contributed by atoms with Gasteiger partial charge in [0.1, 0.15) is 18.1 Å². The SMILES string of the molecule is COc1ccc(C(=O)Nc2cc(C)cc(C)c2)cc1COc1ccccc1Cl. The number of para-hydroxylation sites is 1. The molecule has 4 nitrogen and oxygen atoms in total. The van der Waals surface area contributed by atoms with Crippen molar-refractivity contribution in [1.82, 2.24) is 0 Å². The molecular weight excluding hydrogens is 374 g/mol. The lowest BCUT2D eigenvalue weighted by molar-refractivity contribution is 0.102. The van der Waals surface area contributed by atoms with Crippen LogP contribution in [0.1, 0.15) is 27.0 Å². The third-order valence-corrected chi connectivity index (χ3v) is 4.55. The number of benzene rings is 3. The molecule has 3 aromatic rings. The fourth-order valence-electron chi connectivity index (χ4n) is 3.00. The van der Waals surface area contributed by atoms with Crippen molar-refractivity contribution in [3.05, 3.63) is 87.9 Å². The summed E-state index contributed by atoms with van der Waals surface area (Å²) in [5.74, 6) is 1.04. The van der Waals surface area contributed by atoms with Crippen molar-refractivity contribution >= 4 is 23.2 Å². The van der Waals surface area contributed by atoms with E-state index in [1.807, 2.05) is 38.1 Å². The van der Waals surface area contributed by atoms with E-state index in [1.54, 1.807) is 37.4 Å². The molecule has 0 aliphatic heterocycles. The second-order valence-corrected chi connectivity index (χ2v) is 6.98. The number of halogens is 1. The molecule has 3 aromatic carbocycles. The highest BCUT2D eigenvalue weighted by Crippen LogP contribution is 2.27. The summed E-state index contributed by atoms with van der Waals surface area (Å²) >= 11 is 6.14. The Morgan fingerprint density at radius 3 is 2.36 bits per heavy atom. The summed E-state index contributed by atoms with van der Waals surface area (Å²) < 4.78 is 11.2. The molecule has 0 unspecified atom stereocenters. The summed E-state index contributed by atoms with van der Waals surface area (Å²) in [5.41, 5.74) is 4.25. The minimum absolute atomic E-state index is 0.188. The third kappa shape index (κ3) is 4.84. The highest BCUT2D eigenvalue weighted by atomic mass is 35.5. The van der Waals surface area contributed by atoms with Crippen molar-refractivity contribution in [2.75, 3.05) is 12.4 Å². The standard InChI is InChI=1S/C23H22ClNO3/c1-15-10-16(2)12-19(11-15)25-23(26)17-8-9-21(27-3)18(13-17)14-28-22-7-5-4-6-20(22)24/h4-13H,14H2,1-3H3,(H,25,26). The lowest BCUT2D eigenvalue weighted by Crippen LogP contribution is -2.13. The minimum atomic E-state index is -0.188. The maximum absolute atomic E-state index is 12.7. The van der Waals surface area contributed by atoms with Crippen molar-refractivity contribution in [2.24, 2.45) is 0 Å². The fraction of sp³-hybridized carbons (Fsp3) is 0.174. The van der Waals surface area contributed by atoms with Gasteiger partial charge in [-0.25, -0.2) is 0 Å². The maximum atomic E-state index is 12.7. The molecule has 0 atom stereocenters. The lowest BCUT2D eigenvalue weighted by atomic mass is 10.1. The van der Waals surface area contributed by atoms with Crippen molar-refractivity contribution in [3.8, 4) is 11.5 Å². The number of aryl methyl sites for hydroxylation is 2. The van der Waals surface area contributed by atoms with Crippen molar-refractivity contribution in [3.63, 3.8) is 0 Å². The van der Waals surface area contributed by atoms with E-state index in [1.165, 1.54) is 0 Å². The van der Waals surface area contributed by atoms with Gasteiger partial charge >= 0.3 is 0 Å². The molecule has 28 heavy (non-hydrogen) atoms. The van der Waals surface area contributed by atoms with Gasteiger partial charge < -0.3 is 14.8 Å². The number of carbonyl (C=O) groups excluding carboxylic acids is 1. The molecule has 1 amide bonds. The number of hydrogen-bond acceptors (Lipinski definition) is 3. The molecule has 0 aromatic heterocycles. The van der Waals surface area contributed by atoms with Crippen LogP contribution in [0.25, 0.3) is 0 Å². The van der Waals surface area contributed by atoms with E-state index >= 15 is 0 Å². The zero-order valence-corrected chi connectivity index (χ0v) is 16.8. The first-order valence-corrected chi connectivity index (χ1v) is 9.28. The number of amides is 1. The van der Waals surface area contributed by atoms with E-state index in [4.69, 9.17) is 21.1 Å². The first-order valence-electron chi connectivity index (χ1n) is 8.90. The Bertz CT molecular complexity index is 981. The zero-order chi connectivity index (χ0) is 20.1. The summed E-state index contributed by atoms with van der Waals surface area (Å²) in [6.45, 7) is 4.23. The maximum Gasteiger partial charge on any atom is 0.255 e. The van der Waals surface area contributed by atoms with Crippen molar-refractivity contribution < 1.29 is 14.3 Å². The molecule has 144 valence electrons. The normalized spacial score (nSPS) is 10.4. The molecule has 1 N–H and O–H groups in total. The molecule has 3 rings (SSSR count). The van der Waals surface area contributed by atoms with E-state index in [9.17, 15) is 4.79 Å². The Morgan fingerprint density at radius 1 is 0.964 bits per heavy atom. The van der Waals surface area contributed by atoms with Crippen molar-refractivity contribution in [1.29, 1.82) is 0 Å². The largest absolute Gasteiger partial charge is 0.496 e. The van der Waals surface area contributed by atoms with E-state index in [-0.39, 0.29) is 12.5 Å². The van der Waals surface area contributed by atoms with Gasteiger partial charge in [0.05, 0.1) is 12.1 Å². The molecule has 0 spiro atoms. The number of anilines is 1. The smallest absolute Gasteiger partial charge is 0.255 e. The fourth-order valence-corrected chi connectivity index (χ4v) is 3.19. The van der Waals surface area contributed by atoms with Crippen LogP contribution in [-0.4, -0.2) is 13.0 Å². The summed E-state index contributed by atoms with van der Waals surface area (Å²) in [6.07, 6.45) is 0. The van der Waals surface area contributed by atoms with Crippen LogP contribution >= 0.6 is 11.6 Å². The summed E-state index contributed by atoms with van der Waals surface area (Å²) in [7, 11) is 1.59. The second-order valence-electron chi connectivity index (χ2n) is 6.58. The minimum Gasteiger partial charge on any atom is -0.496 e. The Morgan fingerprint density at radius 2 is 1.68 bits per heavy atom. The van der Waals surface area contributed by atoms with Crippen LogP contribution in [0.5, 0.6) is 11.5 Å². The molecule has 5 heteroatoms. The van der Waals surface area contributed by atoms with Crippen LogP contribution in [-0.2, 0) is 6.61 Å². The van der Waals surface area contributed by atoms with Gasteiger partial charge in [-0.15, -0.1) is 0 Å². The number of nitrogens with one attached hydrogen (secondary N) is 1. The van der Waals surface area contributed by atoms with Gasteiger partial charge in [0, 0.05) is 16.8 Å². The predicted octanol–water partition coefficient (Wildman–Crippen LogP) is 5.80. The van der Waals surface area contributed by atoms with Crippen LogP contribution in [0.4, 0.5) is 5.69 Å². The van der Waals surface area contributed by atoms with Gasteiger partial charge in [0.2, 0.25) is 0 Å². The molecule has 0 aliphatic carbocycles. The Hall–Kier alpha value is -2.98. The average Bonchev–Trinajstić information content (AvgIpc) is 2.66. The first kappa shape index (κ1) is 19.8. The van der Waals surface area contributed by atoms with Gasteiger partial charge in [-0.2, -0.15) is 0 Å². The van der Waals surface area contributed by atoms with E-state index in [2.05, 4.69) is 11.4 Å². The van der Waals surface area contributed by atoms with Gasteiger partial charge in [0.25, 0.3) is 5.91 Å². The monoisotopic (exact) mass is 395 g/mol. The summed E-state index contributed by atoms with van der Waals surface area (Å²) in [6, 6.07) is 18.5. The van der Waals surface area contributed by atoms with Crippen LogP contribution < -0.4 is 14.8 Å². The first-order chi connectivity index (χ1) is 13.5. The Kier molecular flexibility index (Phi) is 6.22. The number of methoxy groups -OCH3 is 1. The molecular formula is C23H22ClNO3. The number of carbonyl (C=O) groups is 1. The lowest BCUT2D eigenvalue weighted by Gasteiger charge is -2.13. The van der Waals surface area contributed by atoms with Crippen LogP contribution in [0.3, 0.4) is 0 Å². The molecule has 0 bridgehead atoms. The van der Waals surface area contributed by atoms with Gasteiger partial charge in [0.15, 0.2) is 0 Å². The highest BCUT2D eigenvalue weighted by molar-refractivity contribution is 6.32. The van der Waals surface area contributed by atoms with Crippen LogP contribution in [0.2, 0.25) is 5.02 Å². The molecule has 0 radical (unpaired) electrons. The van der Waals surface area contributed by atoms with E-state index in [0.717, 1.165) is 22.4 Å². The van der Waals surface area contributed by atoms with E-state index in [0.29, 0.717) is 22.1 Å². The topological polar surface area (TPSA) is 47.6 Å². The number of ether oxygens (including phenoxy) is 2. The third-order valence-electron chi connectivity index (χ3n) is 4.24. The second kappa shape index (κ2) is 8.81. The van der Waals surface area contributed by atoms with Gasteiger partial charge in [-0.3, -0.25) is 4.79 Å². The van der Waals surface area contributed by atoms with Gasteiger partial charge in [-0.05, 0) is 67.4 Å². The molecule has 0 saturated carbocycles. The van der Waals surface area contributed by atoms with Crippen LogP contribution in [0.15, 0.2) is 60.7 Å². The average molecular weight is 396 g/mol.